The van der Waals surface area contributed by atoms with E-state index in [0.29, 0.717) is 17.8 Å². The predicted molar refractivity (Wildman–Crippen MR) is 114 cm³/mol. The standard InChI is InChI=1S/C25H29N3/c1-2-28-25(15-24(26-28)21-13-14-21)23-18-27(16-19-9-5-3-6-10-19)17-22(23)20-11-7-4-8-12-20/h3-12,15,21-23H,2,13-14,16-18H2,1H3. The van der Waals surface area contributed by atoms with Crippen molar-refractivity contribution in [2.45, 2.75) is 50.6 Å². The fourth-order valence-electron chi connectivity index (χ4n) is 4.78. The first-order valence-electron chi connectivity index (χ1n) is 10.7. The Labute approximate surface area is 168 Å². The largest absolute Gasteiger partial charge is 0.298 e. The Kier molecular flexibility index (Phi) is 4.77. The number of hydrogen-bond donors (Lipinski definition) is 0. The molecule has 5 rings (SSSR count). The number of nitrogens with zero attached hydrogens (tertiary/aromatic N) is 3. The van der Waals surface area contributed by atoms with E-state index in [0.717, 1.165) is 26.2 Å². The van der Waals surface area contributed by atoms with Crippen LogP contribution in [0.3, 0.4) is 0 Å². The Morgan fingerprint density at radius 1 is 0.893 bits per heavy atom. The molecule has 1 saturated carbocycles. The number of aromatic nitrogens is 2. The van der Waals surface area contributed by atoms with Crippen LogP contribution in [-0.4, -0.2) is 27.8 Å². The number of rotatable bonds is 6. The lowest BCUT2D eigenvalue weighted by atomic mass is 9.86. The van der Waals surface area contributed by atoms with E-state index in [1.165, 1.54) is 35.4 Å². The minimum Gasteiger partial charge on any atom is -0.298 e. The van der Waals surface area contributed by atoms with Crippen molar-refractivity contribution in [3.8, 4) is 0 Å². The van der Waals surface area contributed by atoms with Crippen LogP contribution in [0.5, 0.6) is 0 Å². The van der Waals surface area contributed by atoms with Crippen molar-refractivity contribution >= 4 is 0 Å². The van der Waals surface area contributed by atoms with Gasteiger partial charge in [0.05, 0.1) is 5.69 Å². The van der Waals surface area contributed by atoms with Crippen LogP contribution in [0.15, 0.2) is 66.7 Å². The average molecular weight is 372 g/mol. The highest BCUT2D eigenvalue weighted by Crippen LogP contribution is 2.44. The predicted octanol–water partition coefficient (Wildman–Crippen LogP) is 5.16. The highest BCUT2D eigenvalue weighted by atomic mass is 15.3. The monoisotopic (exact) mass is 371 g/mol. The van der Waals surface area contributed by atoms with Gasteiger partial charge in [-0.15, -0.1) is 0 Å². The summed E-state index contributed by atoms with van der Waals surface area (Å²) in [6.07, 6.45) is 2.63. The first kappa shape index (κ1) is 17.7. The van der Waals surface area contributed by atoms with Gasteiger partial charge in [-0.1, -0.05) is 60.7 Å². The summed E-state index contributed by atoms with van der Waals surface area (Å²) in [4.78, 5) is 2.63. The van der Waals surface area contributed by atoms with E-state index in [-0.39, 0.29) is 0 Å². The molecule has 0 N–H and O–H groups in total. The maximum Gasteiger partial charge on any atom is 0.0658 e. The van der Waals surface area contributed by atoms with Crippen LogP contribution in [0.2, 0.25) is 0 Å². The summed E-state index contributed by atoms with van der Waals surface area (Å²) in [5.74, 6) is 1.74. The van der Waals surface area contributed by atoms with Gasteiger partial charge in [0, 0.05) is 49.6 Å². The average Bonchev–Trinajstić information content (AvgIpc) is 3.37. The fraction of sp³-hybridized carbons (Fsp3) is 0.400. The maximum atomic E-state index is 4.97. The van der Waals surface area contributed by atoms with Gasteiger partial charge in [-0.2, -0.15) is 5.10 Å². The Bertz CT molecular complexity index is 911. The summed E-state index contributed by atoms with van der Waals surface area (Å²) in [5, 5.41) is 4.97. The van der Waals surface area contributed by atoms with Crippen molar-refractivity contribution in [1.82, 2.24) is 14.7 Å². The van der Waals surface area contributed by atoms with E-state index in [4.69, 9.17) is 5.10 Å². The molecule has 0 amide bonds. The van der Waals surface area contributed by atoms with Crippen LogP contribution in [0.1, 0.15) is 60.0 Å². The third-order valence-corrected chi connectivity index (χ3v) is 6.38. The molecule has 0 spiro atoms. The fourth-order valence-corrected chi connectivity index (χ4v) is 4.78. The first-order chi connectivity index (χ1) is 13.8. The highest BCUT2D eigenvalue weighted by Gasteiger charge is 2.38. The lowest BCUT2D eigenvalue weighted by molar-refractivity contribution is 0.322. The van der Waals surface area contributed by atoms with Crippen molar-refractivity contribution in [1.29, 1.82) is 0 Å². The van der Waals surface area contributed by atoms with Gasteiger partial charge in [0.25, 0.3) is 0 Å². The molecular formula is C25H29N3. The summed E-state index contributed by atoms with van der Waals surface area (Å²) in [7, 11) is 0. The molecule has 2 heterocycles. The third-order valence-electron chi connectivity index (χ3n) is 6.38. The molecule has 3 nitrogen and oxygen atoms in total. The second-order valence-corrected chi connectivity index (χ2v) is 8.39. The van der Waals surface area contributed by atoms with Crippen LogP contribution >= 0.6 is 0 Å². The number of hydrogen-bond acceptors (Lipinski definition) is 2. The molecule has 1 aliphatic heterocycles. The maximum absolute atomic E-state index is 4.97. The van der Waals surface area contributed by atoms with Crippen molar-refractivity contribution in [3.05, 3.63) is 89.2 Å². The van der Waals surface area contributed by atoms with E-state index < -0.39 is 0 Å². The van der Waals surface area contributed by atoms with E-state index in [1.54, 1.807) is 0 Å². The quantitative estimate of drug-likeness (QED) is 0.596. The van der Waals surface area contributed by atoms with E-state index in [9.17, 15) is 0 Å². The van der Waals surface area contributed by atoms with Crippen LogP contribution < -0.4 is 0 Å². The van der Waals surface area contributed by atoms with Crippen molar-refractivity contribution in [2.24, 2.45) is 0 Å². The molecule has 1 aromatic heterocycles. The zero-order chi connectivity index (χ0) is 18.9. The summed E-state index contributed by atoms with van der Waals surface area (Å²) < 4.78 is 2.28. The Morgan fingerprint density at radius 2 is 1.57 bits per heavy atom. The summed E-state index contributed by atoms with van der Waals surface area (Å²) in [6.45, 7) is 6.41. The summed E-state index contributed by atoms with van der Waals surface area (Å²) in [5.41, 5.74) is 5.62. The lowest BCUT2D eigenvalue weighted by Gasteiger charge is -2.19. The van der Waals surface area contributed by atoms with Crippen molar-refractivity contribution in [3.63, 3.8) is 0 Å². The second-order valence-electron chi connectivity index (χ2n) is 8.39. The van der Waals surface area contributed by atoms with E-state index >= 15 is 0 Å². The third kappa shape index (κ3) is 3.51. The van der Waals surface area contributed by atoms with Gasteiger partial charge in [-0.25, -0.2) is 0 Å². The van der Waals surface area contributed by atoms with Gasteiger partial charge >= 0.3 is 0 Å². The zero-order valence-corrected chi connectivity index (χ0v) is 16.7. The molecule has 28 heavy (non-hydrogen) atoms. The van der Waals surface area contributed by atoms with Gasteiger partial charge in [-0.3, -0.25) is 9.58 Å². The van der Waals surface area contributed by atoms with Gasteiger partial charge in [0.2, 0.25) is 0 Å². The zero-order valence-electron chi connectivity index (χ0n) is 16.7. The van der Waals surface area contributed by atoms with Gasteiger partial charge in [0.1, 0.15) is 0 Å². The molecule has 3 heteroatoms. The molecule has 144 valence electrons. The Balaban J connectivity index is 1.46. The van der Waals surface area contributed by atoms with Crippen LogP contribution in [-0.2, 0) is 13.1 Å². The van der Waals surface area contributed by atoms with Gasteiger partial charge in [-0.05, 0) is 37.0 Å². The van der Waals surface area contributed by atoms with Crippen molar-refractivity contribution in [2.75, 3.05) is 13.1 Å². The van der Waals surface area contributed by atoms with Gasteiger partial charge < -0.3 is 0 Å². The van der Waals surface area contributed by atoms with Crippen LogP contribution in [0, 0.1) is 0 Å². The number of likely N-dealkylation sites (tertiary alicyclic amines) is 1. The molecule has 0 radical (unpaired) electrons. The molecule has 3 aromatic rings. The minimum absolute atomic E-state index is 0.506. The van der Waals surface area contributed by atoms with Gasteiger partial charge in [0.15, 0.2) is 0 Å². The Morgan fingerprint density at radius 3 is 2.25 bits per heavy atom. The molecule has 0 bridgehead atoms. The van der Waals surface area contributed by atoms with Crippen LogP contribution in [0.4, 0.5) is 0 Å². The summed E-state index contributed by atoms with van der Waals surface area (Å²) in [6, 6.07) is 24.4. The van der Waals surface area contributed by atoms with Crippen molar-refractivity contribution < 1.29 is 0 Å². The molecule has 2 aliphatic rings. The molecule has 1 aliphatic carbocycles. The Hall–Kier alpha value is -2.39. The second kappa shape index (κ2) is 7.56. The van der Waals surface area contributed by atoms with E-state index in [2.05, 4.69) is 83.2 Å². The highest BCUT2D eigenvalue weighted by molar-refractivity contribution is 5.31. The molecule has 2 fully saturated rings. The molecule has 2 unspecified atom stereocenters. The normalized spacial score (nSPS) is 22.6. The molecule has 2 aromatic carbocycles. The molecular weight excluding hydrogens is 342 g/mol. The first-order valence-corrected chi connectivity index (χ1v) is 10.7. The number of aryl methyl sites for hydroxylation is 1. The van der Waals surface area contributed by atoms with Crippen LogP contribution in [0.25, 0.3) is 0 Å². The smallest absolute Gasteiger partial charge is 0.0658 e. The number of benzene rings is 2. The lowest BCUT2D eigenvalue weighted by Crippen LogP contribution is -2.20. The SMILES string of the molecule is CCn1nc(C2CC2)cc1C1CN(Cc2ccccc2)CC1c1ccccc1. The molecule has 2 atom stereocenters. The van der Waals surface area contributed by atoms with E-state index in [1.807, 2.05) is 0 Å². The minimum atomic E-state index is 0.506. The molecule has 1 saturated heterocycles. The topological polar surface area (TPSA) is 21.1 Å². The summed E-state index contributed by atoms with van der Waals surface area (Å²) >= 11 is 0.